The quantitative estimate of drug-likeness (QED) is 0.513. The molecule has 1 saturated heterocycles. The Morgan fingerprint density at radius 2 is 1.97 bits per heavy atom. The van der Waals surface area contributed by atoms with Crippen LogP contribution in [0.25, 0.3) is 10.2 Å². The lowest BCUT2D eigenvalue weighted by Gasteiger charge is -2.36. The molecule has 1 aliphatic heterocycles. The average Bonchev–Trinajstić information content (AvgIpc) is 3.35. The molecule has 35 heavy (non-hydrogen) atoms. The van der Waals surface area contributed by atoms with Crippen LogP contribution in [0.4, 0.5) is 9.93 Å². The zero-order chi connectivity index (χ0) is 24.7. The van der Waals surface area contributed by atoms with Gasteiger partial charge in [0.2, 0.25) is 5.91 Å². The van der Waals surface area contributed by atoms with Crippen LogP contribution in [0.1, 0.15) is 49.3 Å². The minimum Gasteiger partial charge on any atom is -0.323 e. The number of aromatic nitrogens is 1. The Hall–Kier alpha value is -3.26. The number of fused-ring (bicyclic) bond motifs is 1. The molecule has 0 bridgehead atoms. The number of nitrogens with zero attached hydrogens (tertiary/aromatic N) is 3. The normalized spacial score (nSPS) is 22.1. The monoisotopic (exact) mass is 490 g/mol. The van der Waals surface area contributed by atoms with Gasteiger partial charge in [-0.05, 0) is 55.4 Å². The van der Waals surface area contributed by atoms with Gasteiger partial charge in [-0.3, -0.25) is 19.4 Å². The number of amides is 4. The predicted molar refractivity (Wildman–Crippen MR) is 137 cm³/mol. The zero-order valence-corrected chi connectivity index (χ0v) is 21.2. The number of anilines is 1. The van der Waals surface area contributed by atoms with E-state index in [9.17, 15) is 14.4 Å². The fourth-order valence-electron chi connectivity index (χ4n) is 5.36. The Labute approximate surface area is 209 Å². The number of hydrogen-bond donors (Lipinski definition) is 1. The third-order valence-electron chi connectivity index (χ3n) is 7.33. The first-order chi connectivity index (χ1) is 16.8. The Morgan fingerprint density at radius 1 is 1.20 bits per heavy atom. The number of carbonyl (C=O) groups is 3. The molecule has 182 valence electrons. The van der Waals surface area contributed by atoms with Crippen LogP contribution < -0.4 is 10.2 Å². The van der Waals surface area contributed by atoms with Crippen molar-refractivity contribution in [2.24, 2.45) is 5.92 Å². The van der Waals surface area contributed by atoms with Crippen molar-refractivity contribution in [3.05, 3.63) is 59.2 Å². The van der Waals surface area contributed by atoms with Gasteiger partial charge < -0.3 is 5.32 Å². The molecule has 5 rings (SSSR count). The molecule has 4 amide bonds. The van der Waals surface area contributed by atoms with Gasteiger partial charge in [-0.1, -0.05) is 67.5 Å². The van der Waals surface area contributed by atoms with Crippen molar-refractivity contribution in [1.82, 2.24) is 15.2 Å². The van der Waals surface area contributed by atoms with Gasteiger partial charge in [0.15, 0.2) is 5.13 Å². The maximum Gasteiger partial charge on any atom is 0.325 e. The summed E-state index contributed by atoms with van der Waals surface area (Å²) in [6.07, 6.45) is 3.45. The van der Waals surface area contributed by atoms with Gasteiger partial charge in [0.25, 0.3) is 5.91 Å². The van der Waals surface area contributed by atoms with Crippen LogP contribution in [0.2, 0.25) is 0 Å². The largest absolute Gasteiger partial charge is 0.325 e. The minimum atomic E-state index is -0.885. The average molecular weight is 491 g/mol. The van der Waals surface area contributed by atoms with Gasteiger partial charge in [-0.25, -0.2) is 9.78 Å². The highest BCUT2D eigenvalue weighted by Crippen LogP contribution is 2.38. The van der Waals surface area contributed by atoms with Crippen molar-refractivity contribution < 1.29 is 14.4 Å². The molecule has 2 unspecified atom stereocenters. The van der Waals surface area contributed by atoms with Crippen molar-refractivity contribution in [3.8, 4) is 0 Å². The molecule has 1 spiro atoms. The summed E-state index contributed by atoms with van der Waals surface area (Å²) in [4.78, 5) is 47.5. The van der Waals surface area contributed by atoms with Gasteiger partial charge in [0.05, 0.1) is 16.8 Å². The van der Waals surface area contributed by atoms with Crippen molar-refractivity contribution in [2.45, 2.75) is 58.5 Å². The second-order valence-electron chi connectivity index (χ2n) is 9.83. The molecule has 1 saturated carbocycles. The molecule has 7 nitrogen and oxygen atoms in total. The molecule has 2 aromatic carbocycles. The summed E-state index contributed by atoms with van der Waals surface area (Å²) in [5.41, 5.74) is 3.12. The standard InChI is InChI=1S/C27H30N4O3S/c1-17-13-18(2)23-21(14-17)35-26(28-23)30(15-20-10-5-4-6-11-20)22(32)16-31-24(33)27(29-25(31)34)12-8-7-9-19(27)3/h4-6,10-11,13-14,19H,7-9,12,15-16H2,1-3H3,(H,29,34). The SMILES string of the molecule is Cc1cc(C)c2nc(N(Cc3ccccc3)C(=O)CN3C(=O)NC4(CCCCC4C)C3=O)sc2c1. The number of hydrogen-bond acceptors (Lipinski definition) is 5. The maximum absolute atomic E-state index is 13.7. The number of urea groups is 1. The van der Waals surface area contributed by atoms with Gasteiger partial charge in [-0.15, -0.1) is 0 Å². The smallest absolute Gasteiger partial charge is 0.323 e. The number of rotatable bonds is 5. The second-order valence-corrected chi connectivity index (χ2v) is 10.8. The highest BCUT2D eigenvalue weighted by molar-refractivity contribution is 7.22. The fourth-order valence-corrected chi connectivity index (χ4v) is 6.52. The summed E-state index contributed by atoms with van der Waals surface area (Å²) in [6.45, 7) is 6.07. The third kappa shape index (κ3) is 4.20. The number of imide groups is 1. The molecular weight excluding hydrogens is 460 g/mol. The van der Waals surface area contributed by atoms with Crippen LogP contribution in [0.3, 0.4) is 0 Å². The number of benzene rings is 2. The number of nitrogens with one attached hydrogen (secondary N) is 1. The molecule has 3 aromatic rings. The summed E-state index contributed by atoms with van der Waals surface area (Å²) in [5.74, 6) is -0.562. The van der Waals surface area contributed by atoms with Crippen LogP contribution in [-0.2, 0) is 16.1 Å². The summed E-state index contributed by atoms with van der Waals surface area (Å²) in [7, 11) is 0. The first kappa shape index (κ1) is 23.5. The molecule has 8 heteroatoms. The van der Waals surface area contributed by atoms with E-state index in [-0.39, 0.29) is 24.3 Å². The number of aryl methyl sites for hydroxylation is 2. The van der Waals surface area contributed by atoms with E-state index in [0.29, 0.717) is 18.1 Å². The van der Waals surface area contributed by atoms with Crippen LogP contribution in [0.5, 0.6) is 0 Å². The molecule has 2 heterocycles. The molecule has 1 aliphatic carbocycles. The lowest BCUT2D eigenvalue weighted by atomic mass is 9.73. The van der Waals surface area contributed by atoms with Crippen molar-refractivity contribution >= 4 is 44.5 Å². The summed E-state index contributed by atoms with van der Waals surface area (Å²) in [5, 5.41) is 3.51. The van der Waals surface area contributed by atoms with E-state index in [1.165, 1.54) is 11.3 Å². The Bertz CT molecular complexity index is 1300. The summed E-state index contributed by atoms with van der Waals surface area (Å²) >= 11 is 1.45. The van der Waals surface area contributed by atoms with E-state index in [1.54, 1.807) is 4.90 Å². The molecule has 2 fully saturated rings. The van der Waals surface area contributed by atoms with E-state index < -0.39 is 11.6 Å². The molecule has 2 atom stereocenters. The predicted octanol–water partition coefficient (Wildman–Crippen LogP) is 4.95. The molecular formula is C27H30N4O3S. The van der Waals surface area contributed by atoms with Gasteiger partial charge >= 0.3 is 6.03 Å². The number of thiazole rings is 1. The van der Waals surface area contributed by atoms with E-state index in [2.05, 4.69) is 17.4 Å². The highest BCUT2D eigenvalue weighted by Gasteiger charge is 2.55. The zero-order valence-electron chi connectivity index (χ0n) is 20.3. The van der Waals surface area contributed by atoms with Crippen LogP contribution in [0, 0.1) is 19.8 Å². The highest BCUT2D eigenvalue weighted by atomic mass is 32.1. The minimum absolute atomic E-state index is 0.0451. The van der Waals surface area contributed by atoms with Gasteiger partial charge in [-0.2, -0.15) is 0 Å². The molecule has 2 aliphatic rings. The first-order valence-electron chi connectivity index (χ1n) is 12.1. The maximum atomic E-state index is 13.7. The Morgan fingerprint density at radius 3 is 2.71 bits per heavy atom. The number of carbonyl (C=O) groups excluding carboxylic acids is 3. The summed E-state index contributed by atoms with van der Waals surface area (Å²) in [6, 6.07) is 13.4. The van der Waals surface area contributed by atoms with Crippen LogP contribution in [0.15, 0.2) is 42.5 Å². The molecule has 1 aromatic heterocycles. The lowest BCUT2D eigenvalue weighted by molar-refractivity contribution is -0.136. The van der Waals surface area contributed by atoms with Gasteiger partial charge in [0.1, 0.15) is 12.1 Å². The molecule has 1 N–H and O–H groups in total. The van der Waals surface area contributed by atoms with Gasteiger partial charge in [0, 0.05) is 0 Å². The van der Waals surface area contributed by atoms with Crippen molar-refractivity contribution in [1.29, 1.82) is 0 Å². The fraction of sp³-hybridized carbons (Fsp3) is 0.407. The van der Waals surface area contributed by atoms with E-state index in [0.717, 1.165) is 51.1 Å². The Balaban J connectivity index is 1.46. The van der Waals surface area contributed by atoms with Crippen molar-refractivity contribution in [3.63, 3.8) is 0 Å². The second kappa shape index (κ2) is 9.07. The first-order valence-corrected chi connectivity index (χ1v) is 13.0. The van der Waals surface area contributed by atoms with Crippen LogP contribution >= 0.6 is 11.3 Å². The third-order valence-corrected chi connectivity index (χ3v) is 8.35. The van der Waals surface area contributed by atoms with E-state index >= 15 is 0 Å². The lowest BCUT2D eigenvalue weighted by Crippen LogP contribution is -2.54. The summed E-state index contributed by atoms with van der Waals surface area (Å²) < 4.78 is 1.01. The van der Waals surface area contributed by atoms with E-state index in [4.69, 9.17) is 4.98 Å². The topological polar surface area (TPSA) is 82.6 Å². The van der Waals surface area contributed by atoms with Crippen LogP contribution in [-0.4, -0.2) is 39.8 Å². The van der Waals surface area contributed by atoms with E-state index in [1.807, 2.05) is 51.1 Å². The van der Waals surface area contributed by atoms with Crippen molar-refractivity contribution in [2.75, 3.05) is 11.4 Å². The Kier molecular flexibility index (Phi) is 6.09. The molecule has 0 radical (unpaired) electrons.